The van der Waals surface area contributed by atoms with Gasteiger partial charge < -0.3 is 15.2 Å². The van der Waals surface area contributed by atoms with Crippen LogP contribution in [-0.2, 0) is 0 Å². The summed E-state index contributed by atoms with van der Waals surface area (Å²) in [5, 5.41) is 20.1. The lowest BCUT2D eigenvalue weighted by Crippen LogP contribution is -1.99. The number of hydrogen-bond donors (Lipinski definition) is 3. The summed E-state index contributed by atoms with van der Waals surface area (Å²) in [5.74, 6) is 0. The zero-order valence-corrected chi connectivity index (χ0v) is 10.1. The number of aromatic amines is 1. The van der Waals surface area contributed by atoms with Gasteiger partial charge in [-0.1, -0.05) is 18.2 Å². The van der Waals surface area contributed by atoms with Gasteiger partial charge in [0.2, 0.25) is 0 Å². The van der Waals surface area contributed by atoms with Crippen molar-refractivity contribution in [2.24, 2.45) is 0 Å². The van der Waals surface area contributed by atoms with Crippen molar-refractivity contribution < 1.29 is 10.2 Å². The van der Waals surface area contributed by atoms with Crippen LogP contribution >= 0.6 is 0 Å². The SMILES string of the molecule is Cc1[nH]c2ccccc2c1C(O)CCCCO. The van der Waals surface area contributed by atoms with Gasteiger partial charge in [-0.05, 0) is 32.3 Å². The maximum absolute atomic E-state index is 10.2. The van der Waals surface area contributed by atoms with Gasteiger partial charge in [0.1, 0.15) is 0 Å². The van der Waals surface area contributed by atoms with E-state index in [1.807, 2.05) is 31.2 Å². The highest BCUT2D eigenvalue weighted by Gasteiger charge is 2.15. The lowest BCUT2D eigenvalue weighted by molar-refractivity contribution is 0.160. The van der Waals surface area contributed by atoms with Gasteiger partial charge in [0.25, 0.3) is 0 Å². The van der Waals surface area contributed by atoms with E-state index in [1.165, 1.54) is 0 Å². The zero-order valence-electron chi connectivity index (χ0n) is 10.1. The maximum Gasteiger partial charge on any atom is 0.0813 e. The van der Waals surface area contributed by atoms with E-state index in [0.29, 0.717) is 6.42 Å². The maximum atomic E-state index is 10.2. The molecule has 1 heterocycles. The highest BCUT2D eigenvalue weighted by Crippen LogP contribution is 2.30. The Labute approximate surface area is 101 Å². The van der Waals surface area contributed by atoms with E-state index in [0.717, 1.165) is 35.0 Å². The smallest absolute Gasteiger partial charge is 0.0813 e. The van der Waals surface area contributed by atoms with Gasteiger partial charge in [-0.2, -0.15) is 0 Å². The van der Waals surface area contributed by atoms with E-state index >= 15 is 0 Å². The number of nitrogens with one attached hydrogen (secondary N) is 1. The fraction of sp³-hybridized carbons (Fsp3) is 0.429. The Morgan fingerprint density at radius 2 is 2.00 bits per heavy atom. The molecule has 3 N–H and O–H groups in total. The van der Waals surface area contributed by atoms with Crippen LogP contribution in [0.3, 0.4) is 0 Å². The number of benzene rings is 1. The molecule has 17 heavy (non-hydrogen) atoms. The van der Waals surface area contributed by atoms with Crippen LogP contribution in [-0.4, -0.2) is 21.8 Å². The molecule has 0 saturated carbocycles. The quantitative estimate of drug-likeness (QED) is 0.695. The third-order valence-corrected chi connectivity index (χ3v) is 3.16. The summed E-state index contributed by atoms with van der Waals surface area (Å²) < 4.78 is 0. The molecule has 0 fully saturated rings. The summed E-state index contributed by atoms with van der Waals surface area (Å²) in [5.41, 5.74) is 3.10. The molecule has 0 spiro atoms. The first-order valence-corrected chi connectivity index (χ1v) is 6.10. The first-order valence-electron chi connectivity index (χ1n) is 6.10. The molecule has 0 aliphatic carbocycles. The molecule has 0 radical (unpaired) electrons. The van der Waals surface area contributed by atoms with Gasteiger partial charge in [0, 0.05) is 28.8 Å². The molecule has 3 heteroatoms. The Kier molecular flexibility index (Phi) is 3.82. The van der Waals surface area contributed by atoms with Crippen molar-refractivity contribution in [3.8, 4) is 0 Å². The fourth-order valence-corrected chi connectivity index (χ4v) is 2.32. The second-order valence-corrected chi connectivity index (χ2v) is 4.44. The number of unbranched alkanes of at least 4 members (excludes halogenated alkanes) is 1. The summed E-state index contributed by atoms with van der Waals surface area (Å²) in [6.07, 6.45) is 1.84. The van der Waals surface area contributed by atoms with E-state index < -0.39 is 6.10 Å². The van der Waals surface area contributed by atoms with E-state index in [-0.39, 0.29) is 6.61 Å². The lowest BCUT2D eigenvalue weighted by atomic mass is 10.0. The molecular weight excluding hydrogens is 214 g/mol. The predicted octanol–water partition coefficient (Wildman–Crippen LogP) is 2.67. The molecule has 1 atom stereocenters. The van der Waals surface area contributed by atoms with Crippen LogP contribution in [0.1, 0.15) is 36.6 Å². The van der Waals surface area contributed by atoms with Gasteiger partial charge in [-0.15, -0.1) is 0 Å². The molecule has 2 rings (SSSR count). The number of hydrogen-bond acceptors (Lipinski definition) is 2. The van der Waals surface area contributed by atoms with Crippen LogP contribution in [0.2, 0.25) is 0 Å². The Balaban J connectivity index is 2.24. The van der Waals surface area contributed by atoms with E-state index in [9.17, 15) is 5.11 Å². The molecule has 0 bridgehead atoms. The van der Waals surface area contributed by atoms with Crippen molar-refractivity contribution in [2.45, 2.75) is 32.3 Å². The van der Waals surface area contributed by atoms with Crippen LogP contribution in [0.4, 0.5) is 0 Å². The van der Waals surface area contributed by atoms with Crippen molar-refractivity contribution in [1.29, 1.82) is 0 Å². The fourth-order valence-electron chi connectivity index (χ4n) is 2.32. The van der Waals surface area contributed by atoms with Crippen LogP contribution < -0.4 is 0 Å². The number of para-hydroxylation sites is 1. The molecule has 0 aliphatic rings. The number of aromatic nitrogens is 1. The van der Waals surface area contributed by atoms with Crippen molar-refractivity contribution in [2.75, 3.05) is 6.61 Å². The van der Waals surface area contributed by atoms with Gasteiger partial charge in [-0.3, -0.25) is 0 Å². The largest absolute Gasteiger partial charge is 0.396 e. The summed E-state index contributed by atoms with van der Waals surface area (Å²) in [6.45, 7) is 2.18. The third-order valence-electron chi connectivity index (χ3n) is 3.16. The predicted molar refractivity (Wildman–Crippen MR) is 68.9 cm³/mol. The Hall–Kier alpha value is -1.32. The summed E-state index contributed by atoms with van der Waals surface area (Å²) in [7, 11) is 0. The Bertz CT molecular complexity index is 490. The monoisotopic (exact) mass is 233 g/mol. The molecule has 0 amide bonds. The third kappa shape index (κ3) is 2.51. The number of aryl methyl sites for hydroxylation is 1. The number of H-pyrrole nitrogens is 1. The van der Waals surface area contributed by atoms with E-state index in [4.69, 9.17) is 5.11 Å². The van der Waals surface area contributed by atoms with Crippen LogP contribution in [0, 0.1) is 6.92 Å². The molecule has 3 nitrogen and oxygen atoms in total. The Morgan fingerprint density at radius 1 is 1.24 bits per heavy atom. The standard InChI is InChI=1S/C14H19NO2/c1-10-14(13(17)8-4-5-9-16)11-6-2-3-7-12(11)15-10/h2-3,6-7,13,15-17H,4-5,8-9H2,1H3. The van der Waals surface area contributed by atoms with E-state index in [2.05, 4.69) is 4.98 Å². The topological polar surface area (TPSA) is 56.2 Å². The second kappa shape index (κ2) is 5.34. The van der Waals surface area contributed by atoms with Crippen molar-refractivity contribution in [3.63, 3.8) is 0 Å². The molecule has 92 valence electrons. The number of fused-ring (bicyclic) bond motifs is 1. The van der Waals surface area contributed by atoms with Gasteiger partial charge in [-0.25, -0.2) is 0 Å². The second-order valence-electron chi connectivity index (χ2n) is 4.44. The van der Waals surface area contributed by atoms with Gasteiger partial charge >= 0.3 is 0 Å². The van der Waals surface area contributed by atoms with E-state index in [1.54, 1.807) is 0 Å². The highest BCUT2D eigenvalue weighted by molar-refractivity contribution is 5.84. The molecule has 0 aliphatic heterocycles. The summed E-state index contributed by atoms with van der Waals surface area (Å²) in [4.78, 5) is 3.29. The highest BCUT2D eigenvalue weighted by atomic mass is 16.3. The molecule has 1 unspecified atom stereocenters. The van der Waals surface area contributed by atoms with Crippen LogP contribution in [0.15, 0.2) is 24.3 Å². The van der Waals surface area contributed by atoms with Crippen molar-refractivity contribution in [1.82, 2.24) is 4.98 Å². The average Bonchev–Trinajstić information content (AvgIpc) is 2.65. The number of rotatable bonds is 5. The molecular formula is C14H19NO2. The van der Waals surface area contributed by atoms with Gasteiger partial charge in [0.15, 0.2) is 0 Å². The van der Waals surface area contributed by atoms with Crippen LogP contribution in [0.5, 0.6) is 0 Å². The van der Waals surface area contributed by atoms with Crippen molar-refractivity contribution in [3.05, 3.63) is 35.5 Å². The summed E-state index contributed by atoms with van der Waals surface area (Å²) in [6, 6.07) is 8.02. The minimum atomic E-state index is -0.447. The first-order chi connectivity index (χ1) is 8.24. The van der Waals surface area contributed by atoms with Gasteiger partial charge in [0.05, 0.1) is 6.10 Å². The normalized spacial score (nSPS) is 13.1. The zero-order chi connectivity index (χ0) is 12.3. The Morgan fingerprint density at radius 3 is 2.76 bits per heavy atom. The first kappa shape index (κ1) is 12.1. The molecule has 1 aromatic carbocycles. The minimum absolute atomic E-state index is 0.194. The minimum Gasteiger partial charge on any atom is -0.396 e. The number of aliphatic hydroxyl groups excluding tert-OH is 2. The molecule has 0 saturated heterocycles. The summed E-state index contributed by atoms with van der Waals surface area (Å²) >= 11 is 0. The average molecular weight is 233 g/mol. The molecule has 2 aromatic rings. The lowest BCUT2D eigenvalue weighted by Gasteiger charge is -2.10. The van der Waals surface area contributed by atoms with Crippen LogP contribution in [0.25, 0.3) is 10.9 Å². The molecule has 1 aromatic heterocycles. The van der Waals surface area contributed by atoms with Crippen molar-refractivity contribution >= 4 is 10.9 Å². The number of aliphatic hydroxyl groups is 2.